The van der Waals surface area contributed by atoms with E-state index in [9.17, 15) is 4.79 Å². The molecule has 0 unspecified atom stereocenters. The standard InChI is InChI=1S/C22H31N5O/c1-17(28)26-12-14-27(15-13-26)21-19-10-6-7-11-20(19)23-22(24-21)25(2)16-18-8-4-3-5-9-18/h6-7,10-11,18H,3-5,8-9,12-16H2,1-2H3. The number of nitrogens with zero attached hydrogens (tertiary/aromatic N) is 5. The van der Waals surface area contributed by atoms with E-state index in [4.69, 9.17) is 9.97 Å². The molecule has 2 heterocycles. The first kappa shape index (κ1) is 19.0. The molecule has 1 aromatic carbocycles. The summed E-state index contributed by atoms with van der Waals surface area (Å²) in [7, 11) is 2.12. The summed E-state index contributed by atoms with van der Waals surface area (Å²) >= 11 is 0. The van der Waals surface area contributed by atoms with Crippen molar-refractivity contribution in [3.63, 3.8) is 0 Å². The van der Waals surface area contributed by atoms with Gasteiger partial charge in [0.2, 0.25) is 11.9 Å². The third-order valence-corrected chi connectivity index (χ3v) is 6.19. The van der Waals surface area contributed by atoms with Crippen molar-refractivity contribution < 1.29 is 4.79 Å². The zero-order valence-corrected chi connectivity index (χ0v) is 17.1. The number of rotatable bonds is 4. The van der Waals surface area contributed by atoms with Gasteiger partial charge in [-0.3, -0.25) is 4.79 Å². The van der Waals surface area contributed by atoms with Crippen molar-refractivity contribution in [1.82, 2.24) is 14.9 Å². The Kier molecular flexibility index (Phi) is 5.64. The summed E-state index contributed by atoms with van der Waals surface area (Å²) in [6.45, 7) is 5.80. The number of aromatic nitrogens is 2. The number of para-hydroxylation sites is 1. The van der Waals surface area contributed by atoms with Crippen molar-refractivity contribution in [3.8, 4) is 0 Å². The minimum atomic E-state index is 0.153. The molecule has 0 N–H and O–H groups in total. The summed E-state index contributed by atoms with van der Waals surface area (Å²) in [5, 5.41) is 1.09. The summed E-state index contributed by atoms with van der Waals surface area (Å²) in [6, 6.07) is 8.27. The van der Waals surface area contributed by atoms with Crippen molar-refractivity contribution in [2.45, 2.75) is 39.0 Å². The van der Waals surface area contributed by atoms with Crippen LogP contribution in [0.4, 0.5) is 11.8 Å². The van der Waals surface area contributed by atoms with Gasteiger partial charge in [0, 0.05) is 52.1 Å². The molecular weight excluding hydrogens is 350 g/mol. The highest BCUT2D eigenvalue weighted by Crippen LogP contribution is 2.29. The lowest BCUT2D eigenvalue weighted by Gasteiger charge is -2.36. The topological polar surface area (TPSA) is 52.6 Å². The van der Waals surface area contributed by atoms with Gasteiger partial charge >= 0.3 is 0 Å². The van der Waals surface area contributed by atoms with Gasteiger partial charge in [0.05, 0.1) is 5.52 Å². The van der Waals surface area contributed by atoms with E-state index in [1.807, 2.05) is 17.0 Å². The molecular formula is C22H31N5O. The van der Waals surface area contributed by atoms with Gasteiger partial charge in [-0.05, 0) is 30.9 Å². The van der Waals surface area contributed by atoms with Crippen LogP contribution >= 0.6 is 0 Å². The van der Waals surface area contributed by atoms with Gasteiger partial charge in [0.25, 0.3) is 0 Å². The highest BCUT2D eigenvalue weighted by Gasteiger charge is 2.23. The number of amides is 1. The molecule has 1 amide bonds. The van der Waals surface area contributed by atoms with Crippen molar-refractivity contribution in [3.05, 3.63) is 24.3 Å². The zero-order valence-electron chi connectivity index (χ0n) is 17.1. The van der Waals surface area contributed by atoms with Crippen molar-refractivity contribution >= 4 is 28.6 Å². The second kappa shape index (κ2) is 8.33. The molecule has 4 rings (SSSR count). The third kappa shape index (κ3) is 4.05. The maximum absolute atomic E-state index is 11.7. The molecule has 6 nitrogen and oxygen atoms in total. The normalized spacial score (nSPS) is 18.5. The summed E-state index contributed by atoms with van der Waals surface area (Å²) in [4.78, 5) is 28.0. The zero-order chi connectivity index (χ0) is 19.5. The van der Waals surface area contributed by atoms with Crippen LogP contribution in [0, 0.1) is 5.92 Å². The lowest BCUT2D eigenvalue weighted by molar-refractivity contribution is -0.129. The van der Waals surface area contributed by atoms with Gasteiger partial charge in [-0.15, -0.1) is 0 Å². The molecule has 1 saturated heterocycles. The first-order valence-corrected chi connectivity index (χ1v) is 10.6. The predicted molar refractivity (Wildman–Crippen MR) is 114 cm³/mol. The maximum Gasteiger partial charge on any atom is 0.227 e. The Morgan fingerprint density at radius 3 is 2.50 bits per heavy atom. The van der Waals surface area contributed by atoms with Crippen LogP contribution in [0.2, 0.25) is 0 Å². The summed E-state index contributed by atoms with van der Waals surface area (Å²) < 4.78 is 0. The summed E-state index contributed by atoms with van der Waals surface area (Å²) in [5.74, 6) is 2.71. The molecule has 28 heavy (non-hydrogen) atoms. The highest BCUT2D eigenvalue weighted by molar-refractivity contribution is 5.90. The van der Waals surface area contributed by atoms with Gasteiger partial charge in [-0.1, -0.05) is 31.4 Å². The minimum Gasteiger partial charge on any atom is -0.352 e. The Labute approximate surface area is 167 Å². The van der Waals surface area contributed by atoms with Gasteiger partial charge in [0.15, 0.2) is 0 Å². The number of carbonyl (C=O) groups excluding carboxylic acids is 1. The number of anilines is 2. The Hall–Kier alpha value is -2.37. The molecule has 6 heteroatoms. The molecule has 1 aliphatic carbocycles. The van der Waals surface area contributed by atoms with Gasteiger partial charge in [-0.2, -0.15) is 4.98 Å². The Balaban J connectivity index is 1.59. The van der Waals surface area contributed by atoms with E-state index in [1.54, 1.807) is 6.92 Å². The van der Waals surface area contributed by atoms with Gasteiger partial charge in [0.1, 0.15) is 5.82 Å². The van der Waals surface area contributed by atoms with Crippen molar-refractivity contribution in [2.75, 3.05) is 49.6 Å². The molecule has 150 valence electrons. The molecule has 1 aromatic heterocycles. The fourth-order valence-electron chi connectivity index (χ4n) is 4.53. The van der Waals surface area contributed by atoms with Crippen LogP contribution in [0.5, 0.6) is 0 Å². The fourth-order valence-corrected chi connectivity index (χ4v) is 4.53. The highest BCUT2D eigenvalue weighted by atomic mass is 16.2. The van der Waals surface area contributed by atoms with E-state index in [-0.39, 0.29) is 5.91 Å². The van der Waals surface area contributed by atoms with E-state index in [1.165, 1.54) is 32.1 Å². The third-order valence-electron chi connectivity index (χ3n) is 6.19. The molecule has 0 bridgehead atoms. The van der Waals surface area contributed by atoms with E-state index in [0.717, 1.165) is 61.3 Å². The van der Waals surface area contributed by atoms with Crippen molar-refractivity contribution in [1.29, 1.82) is 0 Å². The Morgan fingerprint density at radius 1 is 1.07 bits per heavy atom. The largest absolute Gasteiger partial charge is 0.352 e. The number of piperazine rings is 1. The molecule has 0 radical (unpaired) electrons. The monoisotopic (exact) mass is 381 g/mol. The molecule has 2 fully saturated rings. The van der Waals surface area contributed by atoms with Crippen LogP contribution < -0.4 is 9.80 Å². The first-order valence-electron chi connectivity index (χ1n) is 10.6. The van der Waals surface area contributed by atoms with Crippen LogP contribution in [0.15, 0.2) is 24.3 Å². The summed E-state index contributed by atoms with van der Waals surface area (Å²) in [6.07, 6.45) is 6.71. The average molecular weight is 382 g/mol. The number of carbonyl (C=O) groups is 1. The number of hydrogen-bond acceptors (Lipinski definition) is 5. The van der Waals surface area contributed by atoms with E-state index in [0.29, 0.717) is 0 Å². The maximum atomic E-state index is 11.7. The lowest BCUT2D eigenvalue weighted by Crippen LogP contribution is -2.48. The van der Waals surface area contributed by atoms with E-state index < -0.39 is 0 Å². The number of benzene rings is 1. The fraction of sp³-hybridized carbons (Fsp3) is 0.591. The Morgan fingerprint density at radius 2 is 1.79 bits per heavy atom. The molecule has 0 atom stereocenters. The van der Waals surface area contributed by atoms with E-state index in [2.05, 4.69) is 29.0 Å². The van der Waals surface area contributed by atoms with Crippen molar-refractivity contribution in [2.24, 2.45) is 5.92 Å². The SMILES string of the molecule is CC(=O)N1CCN(c2nc(N(C)CC3CCCCC3)nc3ccccc23)CC1. The number of hydrogen-bond donors (Lipinski definition) is 0. The van der Waals surface area contributed by atoms with Crippen LogP contribution in [-0.2, 0) is 4.79 Å². The quantitative estimate of drug-likeness (QED) is 0.813. The second-order valence-corrected chi connectivity index (χ2v) is 8.24. The molecule has 1 aliphatic heterocycles. The smallest absolute Gasteiger partial charge is 0.227 e. The predicted octanol–water partition coefficient (Wildman–Crippen LogP) is 3.31. The first-order chi connectivity index (χ1) is 13.6. The second-order valence-electron chi connectivity index (χ2n) is 8.24. The summed E-state index contributed by atoms with van der Waals surface area (Å²) in [5.41, 5.74) is 0.993. The number of fused-ring (bicyclic) bond motifs is 1. The minimum absolute atomic E-state index is 0.153. The van der Waals surface area contributed by atoms with Crippen LogP contribution in [0.1, 0.15) is 39.0 Å². The van der Waals surface area contributed by atoms with Crippen LogP contribution in [-0.4, -0.2) is 60.5 Å². The van der Waals surface area contributed by atoms with Crippen LogP contribution in [0.3, 0.4) is 0 Å². The molecule has 1 saturated carbocycles. The van der Waals surface area contributed by atoms with Gasteiger partial charge in [-0.25, -0.2) is 4.98 Å². The molecule has 2 aromatic rings. The average Bonchev–Trinajstić information content (AvgIpc) is 2.73. The van der Waals surface area contributed by atoms with Gasteiger partial charge < -0.3 is 14.7 Å². The van der Waals surface area contributed by atoms with Crippen LogP contribution in [0.25, 0.3) is 10.9 Å². The van der Waals surface area contributed by atoms with E-state index >= 15 is 0 Å². The molecule has 0 spiro atoms. The Bertz CT molecular complexity index is 825. The molecule has 2 aliphatic rings. The lowest BCUT2D eigenvalue weighted by atomic mass is 9.89.